The van der Waals surface area contributed by atoms with E-state index in [1.165, 1.54) is 106 Å². The zero-order chi connectivity index (χ0) is 28.5. The highest BCUT2D eigenvalue weighted by molar-refractivity contribution is 5.68. The molecule has 0 spiro atoms. The number of hydrogen-bond donors (Lipinski definition) is 0. The summed E-state index contributed by atoms with van der Waals surface area (Å²) in [5.41, 5.74) is 7.26. The number of benzene rings is 2. The Bertz CT molecular complexity index is 980. The largest absolute Gasteiger partial charge is 0.492 e. The van der Waals surface area contributed by atoms with Crippen molar-refractivity contribution in [2.45, 2.75) is 144 Å². The fraction of sp³-hybridized carbons (Fsp3) is 0.692. The third-order valence-electron chi connectivity index (χ3n) is 11.5. The molecule has 2 aromatic carbocycles. The van der Waals surface area contributed by atoms with E-state index in [2.05, 4.69) is 77.9 Å². The first-order valence-corrected chi connectivity index (χ1v) is 17.3. The van der Waals surface area contributed by atoms with Crippen molar-refractivity contribution in [1.29, 1.82) is 0 Å². The van der Waals surface area contributed by atoms with Crippen molar-refractivity contribution >= 4 is 0 Å². The summed E-state index contributed by atoms with van der Waals surface area (Å²) >= 11 is 0. The molecule has 0 unspecified atom stereocenters. The Hall–Kier alpha value is -1.76. The van der Waals surface area contributed by atoms with Crippen molar-refractivity contribution in [2.75, 3.05) is 6.61 Å². The maximum absolute atomic E-state index is 6.64. The number of ether oxygens (including phenoxy) is 1. The predicted molar refractivity (Wildman–Crippen MR) is 174 cm³/mol. The van der Waals surface area contributed by atoms with Crippen LogP contribution in [0.5, 0.6) is 5.75 Å². The van der Waals surface area contributed by atoms with E-state index in [1.54, 1.807) is 5.56 Å². The average Bonchev–Trinajstić information content (AvgIpc) is 3.01. The van der Waals surface area contributed by atoms with E-state index in [4.69, 9.17) is 4.74 Å². The molecule has 0 N–H and O–H groups in total. The van der Waals surface area contributed by atoms with E-state index in [0.29, 0.717) is 0 Å². The molecule has 222 valence electrons. The lowest BCUT2D eigenvalue weighted by Gasteiger charge is -2.31. The topological polar surface area (TPSA) is 9.23 Å². The van der Waals surface area contributed by atoms with E-state index >= 15 is 0 Å². The third-order valence-corrected chi connectivity index (χ3v) is 11.5. The minimum Gasteiger partial charge on any atom is -0.492 e. The maximum atomic E-state index is 6.64. The highest BCUT2D eigenvalue weighted by Gasteiger charge is 2.27. The maximum Gasteiger partial charge on any atom is 0.125 e. The van der Waals surface area contributed by atoms with Crippen molar-refractivity contribution in [3.8, 4) is 16.9 Å². The van der Waals surface area contributed by atoms with Crippen molar-refractivity contribution < 1.29 is 4.74 Å². The molecule has 0 saturated heterocycles. The fourth-order valence-corrected chi connectivity index (χ4v) is 7.73. The monoisotopic (exact) mass is 544 g/mol. The molecule has 0 heterocycles. The van der Waals surface area contributed by atoms with Gasteiger partial charge in [-0.3, -0.25) is 0 Å². The van der Waals surface area contributed by atoms with Gasteiger partial charge in [-0.1, -0.05) is 104 Å². The smallest absolute Gasteiger partial charge is 0.125 e. The summed E-state index contributed by atoms with van der Waals surface area (Å²) in [5.74, 6) is 4.89. The van der Waals surface area contributed by atoms with Crippen LogP contribution < -0.4 is 4.74 Å². The van der Waals surface area contributed by atoms with Gasteiger partial charge < -0.3 is 4.74 Å². The van der Waals surface area contributed by atoms with E-state index in [-0.39, 0.29) is 5.41 Å². The Morgan fingerprint density at radius 3 is 1.62 bits per heavy atom. The molecule has 2 saturated carbocycles. The second-order valence-electron chi connectivity index (χ2n) is 13.7. The zero-order valence-electron chi connectivity index (χ0n) is 27.0. The molecule has 40 heavy (non-hydrogen) atoms. The van der Waals surface area contributed by atoms with Gasteiger partial charge in [0.2, 0.25) is 0 Å². The lowest BCUT2D eigenvalue weighted by Crippen LogP contribution is -2.27. The number of hydrogen-bond acceptors (Lipinski definition) is 1. The Morgan fingerprint density at radius 1 is 0.650 bits per heavy atom. The van der Waals surface area contributed by atoms with Crippen LogP contribution in [0.4, 0.5) is 0 Å². The fourth-order valence-electron chi connectivity index (χ4n) is 7.73. The molecule has 4 rings (SSSR count). The van der Waals surface area contributed by atoms with Gasteiger partial charge in [0.25, 0.3) is 0 Å². The van der Waals surface area contributed by atoms with Crippen LogP contribution in [0, 0.1) is 23.2 Å². The van der Waals surface area contributed by atoms with Crippen LogP contribution in [0.3, 0.4) is 0 Å². The van der Waals surface area contributed by atoms with E-state index in [0.717, 1.165) is 48.9 Å². The van der Waals surface area contributed by atoms with Gasteiger partial charge in [-0.15, -0.1) is 0 Å². The summed E-state index contributed by atoms with van der Waals surface area (Å²) < 4.78 is 6.64. The van der Waals surface area contributed by atoms with E-state index in [9.17, 15) is 0 Å². The Kier molecular flexibility index (Phi) is 11.6. The SMILES string of the molecule is CCc1cc(-c2ccc(C3CCC(CCC4CCC(C)CC4)CC3)cc2)cc(CC)c1OCC(CC)(CC)CC. The van der Waals surface area contributed by atoms with Crippen LogP contribution in [0.25, 0.3) is 11.1 Å². The van der Waals surface area contributed by atoms with Crippen molar-refractivity contribution in [3.63, 3.8) is 0 Å². The standard InChI is InChI=1S/C39H60O/c1-7-32-26-37(27-33(8-2)38(32)40-28-39(9-3,10-4)11-5)36-24-22-35(23-25-36)34-20-18-31(19-21-34)17-16-30-14-12-29(6)13-15-30/h22-27,29-31,34H,7-21,28H2,1-6H3. The summed E-state index contributed by atoms with van der Waals surface area (Å²) in [6.45, 7) is 14.8. The minimum atomic E-state index is 0.290. The normalized spacial score (nSPS) is 23.8. The van der Waals surface area contributed by atoms with Gasteiger partial charge in [0.15, 0.2) is 0 Å². The third kappa shape index (κ3) is 7.74. The van der Waals surface area contributed by atoms with Crippen LogP contribution in [0.2, 0.25) is 0 Å². The Labute approximate surface area is 247 Å². The van der Waals surface area contributed by atoms with Crippen molar-refractivity contribution in [1.82, 2.24) is 0 Å². The molecule has 0 bridgehead atoms. The van der Waals surface area contributed by atoms with Gasteiger partial charge in [0.1, 0.15) is 5.75 Å². The molecule has 1 nitrogen and oxygen atoms in total. The molecular formula is C39H60O. The molecular weight excluding hydrogens is 484 g/mol. The van der Waals surface area contributed by atoms with Gasteiger partial charge in [0.05, 0.1) is 6.61 Å². The lowest BCUT2D eigenvalue weighted by atomic mass is 9.74. The number of rotatable bonds is 13. The highest BCUT2D eigenvalue weighted by atomic mass is 16.5. The summed E-state index contributed by atoms with van der Waals surface area (Å²) in [4.78, 5) is 0. The molecule has 0 aliphatic heterocycles. The Balaban J connectivity index is 1.36. The highest BCUT2D eigenvalue weighted by Crippen LogP contribution is 2.41. The summed E-state index contributed by atoms with van der Waals surface area (Å²) in [6.07, 6.45) is 20.1. The molecule has 1 heteroatoms. The minimum absolute atomic E-state index is 0.290. The second-order valence-corrected chi connectivity index (χ2v) is 13.7. The summed E-state index contributed by atoms with van der Waals surface area (Å²) in [5, 5.41) is 0. The molecule has 0 radical (unpaired) electrons. The first kappa shape index (κ1) is 31.2. The van der Waals surface area contributed by atoms with Crippen LogP contribution in [0.15, 0.2) is 36.4 Å². The lowest BCUT2D eigenvalue weighted by molar-refractivity contribution is 0.126. The van der Waals surface area contributed by atoms with Gasteiger partial charge in [-0.2, -0.15) is 0 Å². The quantitative estimate of drug-likeness (QED) is 0.244. The van der Waals surface area contributed by atoms with Crippen molar-refractivity contribution in [3.05, 3.63) is 53.1 Å². The molecule has 0 atom stereocenters. The van der Waals surface area contributed by atoms with E-state index in [1.807, 2.05) is 0 Å². The number of aryl methyl sites for hydroxylation is 2. The molecule has 2 fully saturated rings. The van der Waals surface area contributed by atoms with Gasteiger partial charge in [-0.25, -0.2) is 0 Å². The first-order valence-electron chi connectivity index (χ1n) is 17.3. The van der Waals surface area contributed by atoms with Crippen molar-refractivity contribution in [2.24, 2.45) is 23.2 Å². The molecule has 0 aromatic heterocycles. The molecule has 2 aromatic rings. The summed E-state index contributed by atoms with van der Waals surface area (Å²) in [7, 11) is 0. The van der Waals surface area contributed by atoms with Gasteiger partial charge in [-0.05, 0) is 121 Å². The average molecular weight is 545 g/mol. The van der Waals surface area contributed by atoms with Crippen LogP contribution in [-0.4, -0.2) is 6.61 Å². The van der Waals surface area contributed by atoms with Gasteiger partial charge in [0, 0.05) is 5.41 Å². The second kappa shape index (κ2) is 14.9. The van der Waals surface area contributed by atoms with E-state index < -0.39 is 0 Å². The Morgan fingerprint density at radius 2 is 1.15 bits per heavy atom. The molecule has 0 amide bonds. The predicted octanol–water partition coefficient (Wildman–Crippen LogP) is 12.0. The van der Waals surface area contributed by atoms with Crippen LogP contribution in [0.1, 0.15) is 148 Å². The molecule has 2 aliphatic carbocycles. The van der Waals surface area contributed by atoms with Crippen LogP contribution in [-0.2, 0) is 12.8 Å². The van der Waals surface area contributed by atoms with Gasteiger partial charge >= 0.3 is 0 Å². The van der Waals surface area contributed by atoms with Crippen LogP contribution >= 0.6 is 0 Å². The summed E-state index contributed by atoms with van der Waals surface area (Å²) in [6, 6.07) is 14.4. The zero-order valence-corrected chi connectivity index (χ0v) is 27.0. The first-order chi connectivity index (χ1) is 19.4. The molecule has 2 aliphatic rings.